The average molecular weight is 475 g/mol. The molecule has 0 unspecified atom stereocenters. The summed E-state index contributed by atoms with van der Waals surface area (Å²) in [6.45, 7) is 2.49. The monoisotopic (exact) mass is 475 g/mol. The van der Waals surface area contributed by atoms with Crippen LogP contribution in [0.1, 0.15) is 34.3 Å². The van der Waals surface area contributed by atoms with Crippen molar-refractivity contribution in [2.24, 2.45) is 4.99 Å². The number of hydrogen-bond acceptors (Lipinski definition) is 5. The lowest BCUT2D eigenvalue weighted by Gasteiger charge is -2.17. The largest absolute Gasteiger partial charge is 0.376 e. The van der Waals surface area contributed by atoms with Crippen molar-refractivity contribution < 1.29 is 18.3 Å². The summed E-state index contributed by atoms with van der Waals surface area (Å²) in [5.74, 6) is -3.32. The second kappa shape index (κ2) is 8.85. The number of ether oxygens (including phenoxy) is 1. The van der Waals surface area contributed by atoms with E-state index in [2.05, 4.69) is 9.98 Å². The molecule has 1 amide bonds. The molecule has 4 heterocycles. The summed E-state index contributed by atoms with van der Waals surface area (Å²) < 4.78 is 37.1. The van der Waals surface area contributed by atoms with Gasteiger partial charge in [-0.2, -0.15) is 10.3 Å². The Bertz CT molecular complexity index is 1660. The Morgan fingerprint density at radius 1 is 1.26 bits per heavy atom. The van der Waals surface area contributed by atoms with Crippen molar-refractivity contribution in [3.8, 4) is 6.07 Å². The van der Waals surface area contributed by atoms with Crippen molar-refractivity contribution in [3.05, 3.63) is 86.8 Å². The molecule has 0 spiro atoms. The number of carbonyl (C=O) groups is 1. The highest BCUT2D eigenvalue weighted by atomic mass is 19.1. The normalized spacial score (nSPS) is 16.2. The van der Waals surface area contributed by atoms with E-state index in [0.29, 0.717) is 18.7 Å². The minimum atomic E-state index is -1.19. The number of aryl methyl sites for hydroxylation is 1. The molecule has 0 radical (unpaired) electrons. The number of benzene rings is 1. The van der Waals surface area contributed by atoms with Gasteiger partial charge in [-0.05, 0) is 49.6 Å². The van der Waals surface area contributed by atoms with Crippen molar-refractivity contribution in [3.63, 3.8) is 0 Å². The number of hydrogen-bond donors (Lipinski definition) is 0. The molecule has 1 aliphatic heterocycles. The van der Waals surface area contributed by atoms with Crippen molar-refractivity contribution >= 4 is 22.6 Å². The van der Waals surface area contributed by atoms with Crippen LogP contribution in [-0.2, 0) is 11.3 Å². The first-order valence-electron chi connectivity index (χ1n) is 11.0. The Morgan fingerprint density at radius 3 is 2.71 bits per heavy atom. The lowest BCUT2D eigenvalue weighted by molar-refractivity contribution is 0.0950. The van der Waals surface area contributed by atoms with E-state index < -0.39 is 28.7 Å². The molecule has 4 aromatic rings. The zero-order valence-corrected chi connectivity index (χ0v) is 18.7. The van der Waals surface area contributed by atoms with Gasteiger partial charge in [-0.1, -0.05) is 12.1 Å². The smallest absolute Gasteiger partial charge is 0.284 e. The van der Waals surface area contributed by atoms with Crippen LogP contribution in [-0.4, -0.2) is 32.6 Å². The molecule has 1 fully saturated rings. The van der Waals surface area contributed by atoms with Gasteiger partial charge >= 0.3 is 0 Å². The van der Waals surface area contributed by atoms with Crippen molar-refractivity contribution in [2.45, 2.75) is 32.4 Å². The number of rotatable bonds is 3. The number of halogens is 2. The third-order valence-electron chi connectivity index (χ3n) is 6.02. The summed E-state index contributed by atoms with van der Waals surface area (Å²) >= 11 is 0. The van der Waals surface area contributed by atoms with Crippen molar-refractivity contribution in [1.82, 2.24) is 14.0 Å². The molecule has 0 aliphatic carbocycles. The number of nitriles is 1. The third-order valence-corrected chi connectivity index (χ3v) is 6.02. The van der Waals surface area contributed by atoms with Crippen LogP contribution >= 0.6 is 0 Å². The Balaban J connectivity index is 1.87. The summed E-state index contributed by atoms with van der Waals surface area (Å²) in [5, 5.41) is 10.0. The molecule has 5 rings (SSSR count). The predicted octanol–water partition coefficient (Wildman–Crippen LogP) is 3.03. The maximum absolute atomic E-state index is 14.3. The van der Waals surface area contributed by atoms with Gasteiger partial charge in [-0.15, -0.1) is 0 Å². The SMILES string of the molecule is Cc1cccn2c(=O)c3cc(C#N)c(=NC(=O)c4c(F)cccc4F)n(C[C@H]4CCCO4)c3nc12. The van der Waals surface area contributed by atoms with Gasteiger partial charge in [0.25, 0.3) is 11.5 Å². The van der Waals surface area contributed by atoms with E-state index in [0.717, 1.165) is 30.2 Å². The predicted molar refractivity (Wildman–Crippen MR) is 122 cm³/mol. The molecule has 176 valence electrons. The van der Waals surface area contributed by atoms with Crippen molar-refractivity contribution in [2.75, 3.05) is 6.61 Å². The number of pyridine rings is 2. The summed E-state index contributed by atoms with van der Waals surface area (Å²) in [6, 6.07) is 9.82. The van der Waals surface area contributed by atoms with Crippen LogP contribution in [0.3, 0.4) is 0 Å². The highest BCUT2D eigenvalue weighted by molar-refractivity contribution is 5.95. The Labute approximate surface area is 197 Å². The molecule has 1 aromatic carbocycles. The number of aromatic nitrogens is 3. The zero-order valence-electron chi connectivity index (χ0n) is 18.7. The molecule has 8 nitrogen and oxygen atoms in total. The molecule has 1 atom stereocenters. The molecule has 0 N–H and O–H groups in total. The highest BCUT2D eigenvalue weighted by Crippen LogP contribution is 2.18. The molecule has 1 saturated heterocycles. The van der Waals surface area contributed by atoms with Crippen LogP contribution < -0.4 is 11.0 Å². The summed E-state index contributed by atoms with van der Waals surface area (Å²) in [6.07, 6.45) is 2.84. The van der Waals surface area contributed by atoms with Crippen LogP contribution in [0.5, 0.6) is 0 Å². The summed E-state index contributed by atoms with van der Waals surface area (Å²) in [5.41, 5.74) is -0.151. The third kappa shape index (κ3) is 3.90. The Kier molecular flexibility index (Phi) is 5.70. The quantitative estimate of drug-likeness (QED) is 0.424. The van der Waals surface area contributed by atoms with Crippen LogP contribution in [0, 0.1) is 29.9 Å². The average Bonchev–Trinajstić information content (AvgIpc) is 3.34. The molecule has 0 saturated carbocycles. The fourth-order valence-corrected chi connectivity index (χ4v) is 4.31. The van der Waals surface area contributed by atoms with Gasteiger partial charge < -0.3 is 9.30 Å². The van der Waals surface area contributed by atoms with E-state index in [9.17, 15) is 23.6 Å². The van der Waals surface area contributed by atoms with Gasteiger partial charge in [0.15, 0.2) is 5.49 Å². The Morgan fingerprint density at radius 2 is 2.03 bits per heavy atom. The zero-order chi connectivity index (χ0) is 24.7. The maximum Gasteiger partial charge on any atom is 0.284 e. The summed E-state index contributed by atoms with van der Waals surface area (Å²) in [4.78, 5) is 34.8. The molecule has 3 aromatic heterocycles. The van der Waals surface area contributed by atoms with E-state index in [1.807, 2.05) is 6.07 Å². The van der Waals surface area contributed by atoms with Crippen LogP contribution in [0.2, 0.25) is 0 Å². The summed E-state index contributed by atoms with van der Waals surface area (Å²) in [7, 11) is 0. The first-order chi connectivity index (χ1) is 16.9. The van der Waals surface area contributed by atoms with Gasteiger partial charge in [0.05, 0.1) is 23.6 Å². The molecule has 1 aliphatic rings. The lowest BCUT2D eigenvalue weighted by atomic mass is 10.1. The van der Waals surface area contributed by atoms with E-state index >= 15 is 0 Å². The van der Waals surface area contributed by atoms with E-state index in [-0.39, 0.29) is 34.7 Å². The van der Waals surface area contributed by atoms with Gasteiger partial charge in [-0.3, -0.25) is 14.0 Å². The number of carbonyl (C=O) groups excluding carboxylic acids is 1. The van der Waals surface area contributed by atoms with E-state index in [1.165, 1.54) is 15.0 Å². The molecule has 35 heavy (non-hydrogen) atoms. The highest BCUT2D eigenvalue weighted by Gasteiger charge is 2.23. The van der Waals surface area contributed by atoms with Crippen LogP contribution in [0.25, 0.3) is 16.7 Å². The van der Waals surface area contributed by atoms with Gasteiger partial charge in [0.1, 0.15) is 34.6 Å². The standard InChI is InChI=1S/C25H19F2N5O3/c1-14-5-3-9-31-21(14)29-23-17(25(31)34)11-15(12-28)22(32(23)13-16-6-4-10-35-16)30-24(33)20-18(26)7-2-8-19(20)27/h2-3,5,7-9,11,16H,4,6,10,13H2,1H3/t16-/m1/s1. The van der Waals surface area contributed by atoms with E-state index in [4.69, 9.17) is 4.74 Å². The fourth-order valence-electron chi connectivity index (χ4n) is 4.31. The second-order valence-electron chi connectivity index (χ2n) is 8.29. The number of amides is 1. The van der Waals surface area contributed by atoms with Crippen LogP contribution in [0.15, 0.2) is 52.4 Å². The topological polar surface area (TPSA) is 102 Å². The number of nitrogens with zero attached hydrogens (tertiary/aromatic N) is 5. The minimum absolute atomic E-state index is 0.105. The van der Waals surface area contributed by atoms with Crippen molar-refractivity contribution in [1.29, 1.82) is 5.26 Å². The van der Waals surface area contributed by atoms with Gasteiger partial charge in [0, 0.05) is 12.8 Å². The fraction of sp³-hybridized carbons (Fsp3) is 0.240. The first kappa shape index (κ1) is 22.6. The molecular formula is C25H19F2N5O3. The van der Waals surface area contributed by atoms with E-state index in [1.54, 1.807) is 25.3 Å². The molecular weight excluding hydrogens is 456 g/mol. The number of fused-ring (bicyclic) bond motifs is 2. The van der Waals surface area contributed by atoms with Gasteiger partial charge in [-0.25, -0.2) is 13.8 Å². The lowest BCUT2D eigenvalue weighted by Crippen LogP contribution is -2.33. The molecule has 10 heteroatoms. The Hall–Kier alpha value is -4.23. The second-order valence-corrected chi connectivity index (χ2v) is 8.29. The first-order valence-corrected chi connectivity index (χ1v) is 11.0. The van der Waals surface area contributed by atoms with Crippen LogP contribution in [0.4, 0.5) is 8.78 Å². The maximum atomic E-state index is 14.3. The molecule has 0 bridgehead atoms. The minimum Gasteiger partial charge on any atom is -0.376 e. The van der Waals surface area contributed by atoms with Gasteiger partial charge in [0.2, 0.25) is 0 Å².